The van der Waals surface area contributed by atoms with Crippen LogP contribution in [0, 0.1) is 0 Å². The Kier molecular flexibility index (Phi) is 7.21. The molecule has 9 nitrogen and oxygen atoms in total. The molecule has 0 amide bonds. The van der Waals surface area contributed by atoms with Crippen molar-refractivity contribution in [3.8, 4) is 28.6 Å². The summed E-state index contributed by atoms with van der Waals surface area (Å²) in [6.45, 7) is 0.0783. The molecule has 0 aliphatic carbocycles. The first-order chi connectivity index (χ1) is 16.4. The summed E-state index contributed by atoms with van der Waals surface area (Å²) >= 11 is 6.44. The van der Waals surface area contributed by atoms with E-state index in [1.807, 2.05) is 30.3 Å². The van der Waals surface area contributed by atoms with Gasteiger partial charge in [-0.15, -0.1) is 0 Å². The number of rotatable bonds is 9. The Morgan fingerprint density at radius 2 is 1.59 bits per heavy atom. The van der Waals surface area contributed by atoms with E-state index in [0.717, 1.165) is 5.56 Å². The van der Waals surface area contributed by atoms with Crippen molar-refractivity contribution < 1.29 is 17.9 Å². The Morgan fingerprint density at radius 3 is 2.29 bits per heavy atom. The van der Waals surface area contributed by atoms with Gasteiger partial charge in [-0.2, -0.15) is 13.1 Å². The van der Waals surface area contributed by atoms with Gasteiger partial charge in [-0.05, 0) is 29.8 Å². The number of pyridine rings is 1. The number of nitrogens with zero attached hydrogens (tertiary/aromatic N) is 3. The summed E-state index contributed by atoms with van der Waals surface area (Å²) < 4.78 is 41.8. The van der Waals surface area contributed by atoms with Crippen LogP contribution in [0.2, 0.25) is 5.15 Å². The van der Waals surface area contributed by atoms with Crippen LogP contribution in [0.3, 0.4) is 0 Å². The minimum Gasteiger partial charge on any atom is -0.493 e. The van der Waals surface area contributed by atoms with Gasteiger partial charge in [0.2, 0.25) is 5.75 Å². The van der Waals surface area contributed by atoms with Crippen LogP contribution in [0.4, 0.5) is 5.82 Å². The number of methoxy groups -OCH3 is 1. The first kappa shape index (κ1) is 23.4. The van der Waals surface area contributed by atoms with Crippen LogP contribution in [0.5, 0.6) is 17.2 Å². The number of para-hydroxylation sites is 2. The van der Waals surface area contributed by atoms with Crippen molar-refractivity contribution in [3.05, 3.63) is 89.8 Å². The summed E-state index contributed by atoms with van der Waals surface area (Å²) in [6, 6.07) is 19.3. The molecule has 0 fully saturated rings. The van der Waals surface area contributed by atoms with Gasteiger partial charge in [0.05, 0.1) is 7.11 Å². The number of hydrogen-bond acceptors (Lipinski definition) is 7. The van der Waals surface area contributed by atoms with E-state index in [9.17, 15) is 8.42 Å². The number of nitrogens with one attached hydrogen (secondary N) is 2. The number of benzene rings is 2. The molecular formula is C23H20ClN5O4S. The van der Waals surface area contributed by atoms with E-state index in [1.54, 1.807) is 48.8 Å². The molecule has 0 aliphatic heterocycles. The Bertz CT molecular complexity index is 1370. The van der Waals surface area contributed by atoms with Gasteiger partial charge in [0, 0.05) is 24.5 Å². The highest BCUT2D eigenvalue weighted by Crippen LogP contribution is 2.39. The monoisotopic (exact) mass is 497 g/mol. The fourth-order valence-electron chi connectivity index (χ4n) is 2.96. The van der Waals surface area contributed by atoms with E-state index >= 15 is 0 Å². The lowest BCUT2D eigenvalue weighted by molar-refractivity contribution is 0.378. The van der Waals surface area contributed by atoms with Crippen molar-refractivity contribution in [1.82, 2.24) is 19.7 Å². The molecule has 4 aromatic rings. The van der Waals surface area contributed by atoms with Crippen molar-refractivity contribution >= 4 is 27.6 Å². The van der Waals surface area contributed by atoms with Crippen LogP contribution in [0.25, 0.3) is 11.4 Å². The molecule has 0 radical (unpaired) electrons. The van der Waals surface area contributed by atoms with Crippen molar-refractivity contribution in [3.63, 3.8) is 0 Å². The average Bonchev–Trinajstić information content (AvgIpc) is 2.86. The molecular weight excluding hydrogens is 478 g/mol. The number of aromatic nitrogens is 3. The third-order valence-corrected chi connectivity index (χ3v) is 5.83. The predicted octanol–water partition coefficient (Wildman–Crippen LogP) is 4.44. The number of ether oxygens (including phenoxy) is 2. The normalized spacial score (nSPS) is 11.1. The Hall–Kier alpha value is -3.73. The van der Waals surface area contributed by atoms with E-state index in [2.05, 4.69) is 24.4 Å². The maximum atomic E-state index is 12.8. The second-order valence-electron chi connectivity index (χ2n) is 6.92. The van der Waals surface area contributed by atoms with Crippen molar-refractivity contribution in [2.75, 3.05) is 11.8 Å². The molecule has 34 heavy (non-hydrogen) atoms. The van der Waals surface area contributed by atoms with Crippen molar-refractivity contribution in [2.45, 2.75) is 6.54 Å². The highest BCUT2D eigenvalue weighted by atomic mass is 35.5. The minimum absolute atomic E-state index is 0.0749. The highest BCUT2D eigenvalue weighted by Gasteiger charge is 2.22. The zero-order valence-corrected chi connectivity index (χ0v) is 19.5. The van der Waals surface area contributed by atoms with Gasteiger partial charge < -0.3 is 9.47 Å². The van der Waals surface area contributed by atoms with Crippen LogP contribution >= 0.6 is 11.6 Å². The molecule has 2 N–H and O–H groups in total. The first-order valence-corrected chi connectivity index (χ1v) is 11.9. The van der Waals surface area contributed by atoms with Gasteiger partial charge in [0.25, 0.3) is 0 Å². The summed E-state index contributed by atoms with van der Waals surface area (Å²) in [5.41, 5.74) is 1.38. The second-order valence-corrected chi connectivity index (χ2v) is 8.77. The summed E-state index contributed by atoms with van der Waals surface area (Å²) in [7, 11) is -2.56. The van der Waals surface area contributed by atoms with Crippen LogP contribution in [-0.4, -0.2) is 30.5 Å². The molecule has 4 rings (SSSR count). The van der Waals surface area contributed by atoms with E-state index < -0.39 is 10.2 Å². The fraction of sp³-hybridized carbons (Fsp3) is 0.0870. The van der Waals surface area contributed by atoms with Crippen LogP contribution < -0.4 is 18.9 Å². The molecule has 0 saturated carbocycles. The number of anilines is 1. The third-order valence-electron chi connectivity index (χ3n) is 4.58. The van der Waals surface area contributed by atoms with Crippen molar-refractivity contribution in [1.29, 1.82) is 0 Å². The minimum atomic E-state index is -4.05. The summed E-state index contributed by atoms with van der Waals surface area (Å²) in [5, 5.41) is -0.0894. The van der Waals surface area contributed by atoms with E-state index in [-0.39, 0.29) is 29.1 Å². The highest BCUT2D eigenvalue weighted by molar-refractivity contribution is 7.90. The third kappa shape index (κ3) is 5.79. The van der Waals surface area contributed by atoms with E-state index in [4.69, 9.17) is 21.1 Å². The first-order valence-electron chi connectivity index (χ1n) is 10.1. The maximum Gasteiger partial charge on any atom is 0.300 e. The number of hydrogen-bond donors (Lipinski definition) is 2. The summed E-state index contributed by atoms with van der Waals surface area (Å²) in [6.07, 6.45) is 3.13. The standard InChI is InChI=1S/C23H20ClN5O4S/c1-32-18-9-5-6-10-19(18)33-20-21(24)27-22(17-11-13-25-14-12-17)28-23(20)29-34(30,31)26-15-16-7-3-2-4-8-16/h2-14,26H,15H2,1H3,(H,27,28,29). The maximum absolute atomic E-state index is 12.8. The molecule has 0 aliphatic rings. The van der Waals surface area contributed by atoms with Gasteiger partial charge in [-0.25, -0.2) is 9.97 Å². The smallest absolute Gasteiger partial charge is 0.300 e. The topological polar surface area (TPSA) is 115 Å². The second kappa shape index (κ2) is 10.5. The quantitative estimate of drug-likeness (QED) is 0.328. The lowest BCUT2D eigenvalue weighted by Crippen LogP contribution is -2.30. The van der Waals surface area contributed by atoms with E-state index in [0.29, 0.717) is 17.1 Å². The molecule has 2 aromatic heterocycles. The SMILES string of the molecule is COc1ccccc1Oc1c(Cl)nc(-c2ccncc2)nc1NS(=O)(=O)NCc1ccccc1. The van der Waals surface area contributed by atoms with Gasteiger partial charge in [-0.1, -0.05) is 54.1 Å². The van der Waals surface area contributed by atoms with Crippen molar-refractivity contribution in [2.24, 2.45) is 0 Å². The predicted molar refractivity (Wildman–Crippen MR) is 129 cm³/mol. The molecule has 0 saturated heterocycles. The molecule has 174 valence electrons. The lowest BCUT2D eigenvalue weighted by atomic mass is 10.2. The molecule has 0 spiro atoms. The lowest BCUT2D eigenvalue weighted by Gasteiger charge is -2.16. The van der Waals surface area contributed by atoms with Crippen LogP contribution in [0.1, 0.15) is 5.56 Å². The molecule has 2 aromatic carbocycles. The molecule has 0 bridgehead atoms. The molecule has 0 unspecified atom stereocenters. The number of halogens is 1. The van der Waals surface area contributed by atoms with Gasteiger partial charge in [-0.3, -0.25) is 9.71 Å². The largest absolute Gasteiger partial charge is 0.493 e. The summed E-state index contributed by atoms with van der Waals surface area (Å²) in [4.78, 5) is 12.6. The molecule has 0 atom stereocenters. The van der Waals surface area contributed by atoms with Crippen LogP contribution in [-0.2, 0) is 16.8 Å². The zero-order valence-electron chi connectivity index (χ0n) is 18.0. The van der Waals surface area contributed by atoms with Crippen LogP contribution in [0.15, 0.2) is 79.1 Å². The molecule has 11 heteroatoms. The molecule has 2 heterocycles. The van der Waals surface area contributed by atoms with E-state index in [1.165, 1.54) is 7.11 Å². The Morgan fingerprint density at radius 1 is 0.912 bits per heavy atom. The average molecular weight is 498 g/mol. The summed E-state index contributed by atoms with van der Waals surface area (Å²) in [5.74, 6) is 0.713. The Balaban J connectivity index is 1.70. The van der Waals surface area contributed by atoms with Gasteiger partial charge in [0.1, 0.15) is 0 Å². The van der Waals surface area contributed by atoms with Gasteiger partial charge >= 0.3 is 10.2 Å². The zero-order chi connectivity index (χ0) is 24.0. The fourth-order valence-corrected chi connectivity index (χ4v) is 3.99. The Labute approximate surface area is 202 Å². The van der Waals surface area contributed by atoms with Gasteiger partial charge in [0.15, 0.2) is 28.3 Å².